The first-order chi connectivity index (χ1) is 7.30. The summed E-state index contributed by atoms with van der Waals surface area (Å²) in [6.07, 6.45) is -0.462. The van der Waals surface area contributed by atoms with Crippen molar-refractivity contribution in [2.75, 3.05) is 32.0 Å². The zero-order valence-electron chi connectivity index (χ0n) is 9.72. The zero-order valence-corrected chi connectivity index (χ0v) is 10.5. The lowest BCUT2D eigenvalue weighted by atomic mass is 10.1. The molecule has 0 saturated carbocycles. The SMILES string of the molecule is CC1(C)CN(S(=O)(=O)CCN)CC(CO)O1. The highest BCUT2D eigenvalue weighted by atomic mass is 32.2. The minimum Gasteiger partial charge on any atom is -0.394 e. The van der Waals surface area contributed by atoms with Crippen molar-refractivity contribution >= 4 is 10.0 Å². The number of aliphatic hydroxyl groups is 1. The topological polar surface area (TPSA) is 92.9 Å². The molecule has 0 radical (unpaired) electrons. The number of nitrogens with two attached hydrogens (primary N) is 1. The van der Waals surface area contributed by atoms with Crippen molar-refractivity contribution in [3.63, 3.8) is 0 Å². The highest BCUT2D eigenvalue weighted by molar-refractivity contribution is 7.89. The van der Waals surface area contributed by atoms with Crippen molar-refractivity contribution in [1.82, 2.24) is 4.31 Å². The van der Waals surface area contributed by atoms with E-state index in [-0.39, 0.29) is 25.4 Å². The normalized spacial score (nSPS) is 26.9. The fourth-order valence-electron chi connectivity index (χ4n) is 1.83. The Hall–Kier alpha value is -0.210. The van der Waals surface area contributed by atoms with Gasteiger partial charge in [0.05, 0.1) is 24.1 Å². The van der Waals surface area contributed by atoms with Crippen molar-refractivity contribution in [2.45, 2.75) is 25.6 Å². The largest absolute Gasteiger partial charge is 0.394 e. The van der Waals surface area contributed by atoms with Crippen LogP contribution in [0.2, 0.25) is 0 Å². The van der Waals surface area contributed by atoms with Gasteiger partial charge < -0.3 is 15.6 Å². The molecule has 7 heteroatoms. The highest BCUT2D eigenvalue weighted by Gasteiger charge is 2.38. The van der Waals surface area contributed by atoms with E-state index < -0.39 is 21.7 Å². The number of nitrogens with zero attached hydrogens (tertiary/aromatic N) is 1. The standard InChI is InChI=1S/C9H20N2O4S/c1-9(2)7-11(5-8(6-12)15-9)16(13,14)4-3-10/h8,12H,3-7,10H2,1-2H3. The maximum Gasteiger partial charge on any atom is 0.215 e. The molecule has 1 aliphatic heterocycles. The van der Waals surface area contributed by atoms with E-state index in [0.717, 1.165) is 0 Å². The molecular formula is C9H20N2O4S. The van der Waals surface area contributed by atoms with Crippen LogP contribution in [0.4, 0.5) is 0 Å². The number of hydrogen-bond donors (Lipinski definition) is 2. The van der Waals surface area contributed by atoms with E-state index in [0.29, 0.717) is 6.54 Å². The molecule has 1 heterocycles. The number of hydrogen-bond acceptors (Lipinski definition) is 5. The van der Waals surface area contributed by atoms with Crippen LogP contribution in [0, 0.1) is 0 Å². The van der Waals surface area contributed by atoms with Gasteiger partial charge in [-0.1, -0.05) is 0 Å². The molecular weight excluding hydrogens is 232 g/mol. The van der Waals surface area contributed by atoms with Crippen molar-refractivity contribution in [3.8, 4) is 0 Å². The molecule has 0 aromatic rings. The van der Waals surface area contributed by atoms with Gasteiger partial charge in [-0.2, -0.15) is 4.31 Å². The van der Waals surface area contributed by atoms with E-state index in [9.17, 15) is 8.42 Å². The van der Waals surface area contributed by atoms with Gasteiger partial charge in [-0.15, -0.1) is 0 Å². The molecule has 1 unspecified atom stereocenters. The Morgan fingerprint density at radius 2 is 2.19 bits per heavy atom. The molecule has 0 amide bonds. The summed E-state index contributed by atoms with van der Waals surface area (Å²) in [4.78, 5) is 0. The fraction of sp³-hybridized carbons (Fsp3) is 1.00. The lowest BCUT2D eigenvalue weighted by Gasteiger charge is -2.41. The van der Waals surface area contributed by atoms with Crippen LogP contribution in [-0.2, 0) is 14.8 Å². The van der Waals surface area contributed by atoms with Crippen LogP contribution in [-0.4, -0.2) is 61.5 Å². The second-order valence-corrected chi connectivity index (χ2v) is 6.67. The Morgan fingerprint density at radius 1 is 1.56 bits per heavy atom. The molecule has 0 aromatic carbocycles. The average Bonchev–Trinajstić information content (AvgIpc) is 2.15. The average molecular weight is 252 g/mol. The summed E-state index contributed by atoms with van der Waals surface area (Å²) in [5, 5.41) is 9.07. The van der Waals surface area contributed by atoms with Gasteiger partial charge in [0.15, 0.2) is 0 Å². The predicted octanol–water partition coefficient (Wildman–Crippen LogP) is -1.25. The van der Waals surface area contributed by atoms with E-state index in [2.05, 4.69) is 0 Å². The number of rotatable bonds is 4. The maximum absolute atomic E-state index is 11.8. The number of aliphatic hydroxyl groups excluding tert-OH is 1. The zero-order chi connectivity index (χ0) is 12.4. The maximum atomic E-state index is 11.8. The molecule has 1 saturated heterocycles. The van der Waals surface area contributed by atoms with E-state index in [4.69, 9.17) is 15.6 Å². The summed E-state index contributed by atoms with van der Waals surface area (Å²) in [5.74, 6) is -0.0682. The van der Waals surface area contributed by atoms with Crippen LogP contribution in [0.5, 0.6) is 0 Å². The van der Waals surface area contributed by atoms with Crippen molar-refractivity contribution in [3.05, 3.63) is 0 Å². The molecule has 1 rings (SSSR count). The third kappa shape index (κ3) is 3.39. The van der Waals surface area contributed by atoms with Gasteiger partial charge in [-0.25, -0.2) is 8.42 Å². The molecule has 16 heavy (non-hydrogen) atoms. The summed E-state index contributed by atoms with van der Waals surface area (Å²) in [6.45, 7) is 4.02. The molecule has 96 valence electrons. The molecule has 0 spiro atoms. The molecule has 1 fully saturated rings. The Morgan fingerprint density at radius 3 is 2.69 bits per heavy atom. The fourth-order valence-corrected chi connectivity index (χ4v) is 3.28. The number of sulfonamides is 1. The monoisotopic (exact) mass is 252 g/mol. The minimum atomic E-state index is -3.33. The van der Waals surface area contributed by atoms with E-state index in [1.54, 1.807) is 13.8 Å². The van der Waals surface area contributed by atoms with Crippen molar-refractivity contribution < 1.29 is 18.3 Å². The second kappa shape index (κ2) is 4.97. The third-order valence-corrected chi connectivity index (χ3v) is 4.24. The van der Waals surface area contributed by atoms with E-state index >= 15 is 0 Å². The smallest absolute Gasteiger partial charge is 0.215 e. The van der Waals surface area contributed by atoms with Crippen LogP contribution in [0.15, 0.2) is 0 Å². The summed E-state index contributed by atoms with van der Waals surface area (Å²) in [7, 11) is -3.33. The van der Waals surface area contributed by atoms with Crippen LogP contribution in [0.1, 0.15) is 13.8 Å². The molecule has 1 aliphatic rings. The second-order valence-electron chi connectivity index (χ2n) is 4.58. The third-order valence-electron chi connectivity index (χ3n) is 2.42. The lowest BCUT2D eigenvalue weighted by molar-refractivity contribution is -0.131. The van der Waals surface area contributed by atoms with Gasteiger partial charge in [0.25, 0.3) is 0 Å². The predicted molar refractivity (Wildman–Crippen MR) is 60.5 cm³/mol. The Kier molecular flexibility index (Phi) is 4.30. The molecule has 6 nitrogen and oxygen atoms in total. The van der Waals surface area contributed by atoms with Crippen molar-refractivity contribution in [1.29, 1.82) is 0 Å². The molecule has 0 bridgehead atoms. The summed E-state index contributed by atoms with van der Waals surface area (Å²) in [5.41, 5.74) is 4.69. The Bertz CT molecular complexity index is 328. The van der Waals surface area contributed by atoms with Crippen LogP contribution in [0.25, 0.3) is 0 Å². The summed E-state index contributed by atoms with van der Waals surface area (Å²) >= 11 is 0. The first-order valence-electron chi connectivity index (χ1n) is 5.27. The first kappa shape index (κ1) is 13.9. The molecule has 3 N–H and O–H groups in total. The summed E-state index contributed by atoms with van der Waals surface area (Å²) in [6, 6.07) is 0. The molecule has 0 aromatic heterocycles. The van der Waals surface area contributed by atoms with Crippen LogP contribution >= 0.6 is 0 Å². The van der Waals surface area contributed by atoms with Gasteiger partial charge in [-0.3, -0.25) is 0 Å². The van der Waals surface area contributed by atoms with E-state index in [1.807, 2.05) is 0 Å². The van der Waals surface area contributed by atoms with Crippen molar-refractivity contribution in [2.24, 2.45) is 5.73 Å². The van der Waals surface area contributed by atoms with Crippen LogP contribution < -0.4 is 5.73 Å². The van der Waals surface area contributed by atoms with Gasteiger partial charge in [-0.05, 0) is 13.8 Å². The van der Waals surface area contributed by atoms with Gasteiger partial charge >= 0.3 is 0 Å². The van der Waals surface area contributed by atoms with Crippen LogP contribution in [0.3, 0.4) is 0 Å². The van der Waals surface area contributed by atoms with Gasteiger partial charge in [0.1, 0.15) is 0 Å². The van der Waals surface area contributed by atoms with Gasteiger partial charge in [0, 0.05) is 19.6 Å². The number of morpholine rings is 1. The first-order valence-corrected chi connectivity index (χ1v) is 6.88. The van der Waals surface area contributed by atoms with E-state index in [1.165, 1.54) is 4.31 Å². The number of ether oxygens (including phenoxy) is 1. The molecule has 1 atom stereocenters. The summed E-state index contributed by atoms with van der Waals surface area (Å²) < 4.78 is 30.6. The quantitative estimate of drug-likeness (QED) is 0.652. The Labute approximate surface area is 96.4 Å². The minimum absolute atomic E-state index is 0.0682. The highest BCUT2D eigenvalue weighted by Crippen LogP contribution is 2.23. The lowest BCUT2D eigenvalue weighted by Crippen LogP contribution is -2.56. The van der Waals surface area contributed by atoms with Gasteiger partial charge in [0.2, 0.25) is 10.0 Å². The molecule has 0 aliphatic carbocycles. The Balaban J connectivity index is 2.81.